The molecule has 0 aliphatic carbocycles. The second-order valence-corrected chi connectivity index (χ2v) is 7.34. The fraction of sp³-hybridized carbons (Fsp3) is 0.381. The van der Waals surface area contributed by atoms with Gasteiger partial charge in [0.15, 0.2) is 0 Å². The Kier molecular flexibility index (Phi) is 8.42. The summed E-state index contributed by atoms with van der Waals surface area (Å²) in [5.41, 5.74) is 4.63. The number of carbonyl (C=O) groups excluding carboxylic acids is 1. The average Bonchev–Trinajstić information content (AvgIpc) is 2.80. The first kappa shape index (κ1) is 21.0. The van der Waals surface area contributed by atoms with Gasteiger partial charge in [0, 0.05) is 25.0 Å². The molecule has 0 saturated heterocycles. The Labute approximate surface area is 156 Å². The van der Waals surface area contributed by atoms with Gasteiger partial charge in [-0.2, -0.15) is 0 Å². The van der Waals surface area contributed by atoms with Gasteiger partial charge < -0.3 is 9.64 Å². The number of thiophene rings is 1. The van der Waals surface area contributed by atoms with E-state index in [1.165, 1.54) is 27.1 Å². The molecule has 0 amide bonds. The number of ether oxygens (including phenoxy) is 1. The first-order valence-corrected chi connectivity index (χ1v) is 9.23. The molecule has 0 fully saturated rings. The van der Waals surface area contributed by atoms with Gasteiger partial charge in [-0.25, -0.2) is 4.79 Å². The molecule has 3 nitrogen and oxygen atoms in total. The average molecular weight is 360 g/mol. The van der Waals surface area contributed by atoms with E-state index in [4.69, 9.17) is 4.74 Å². The Morgan fingerprint density at radius 3 is 2.40 bits per heavy atom. The smallest absolute Gasteiger partial charge is 0.330 e. The van der Waals surface area contributed by atoms with Gasteiger partial charge in [0.25, 0.3) is 0 Å². The van der Waals surface area contributed by atoms with Crippen molar-refractivity contribution in [3.63, 3.8) is 0 Å². The van der Waals surface area contributed by atoms with Crippen LogP contribution < -0.4 is 4.90 Å². The molecule has 1 heterocycles. The highest BCUT2D eigenvalue weighted by Gasteiger charge is 2.10. The molecule has 0 aromatic carbocycles. The highest BCUT2D eigenvalue weighted by molar-refractivity contribution is 7.16. The molecule has 0 spiro atoms. The maximum atomic E-state index is 11.4. The normalized spacial score (nSPS) is 13.1. The van der Waals surface area contributed by atoms with Crippen molar-refractivity contribution >= 4 is 28.4 Å². The van der Waals surface area contributed by atoms with E-state index in [1.54, 1.807) is 6.92 Å². The van der Waals surface area contributed by atoms with E-state index in [1.807, 2.05) is 36.5 Å². The van der Waals surface area contributed by atoms with Crippen LogP contribution >= 0.6 is 11.3 Å². The van der Waals surface area contributed by atoms with Gasteiger partial charge in [-0.1, -0.05) is 36.0 Å². The first-order valence-electron chi connectivity index (χ1n) is 8.41. The molecular formula is C21H29NO2S. The number of hydrogen-bond acceptors (Lipinski definition) is 4. The molecule has 0 atom stereocenters. The van der Waals surface area contributed by atoms with Crippen molar-refractivity contribution in [1.29, 1.82) is 0 Å². The summed E-state index contributed by atoms with van der Waals surface area (Å²) in [4.78, 5) is 14.9. The van der Waals surface area contributed by atoms with Gasteiger partial charge >= 0.3 is 5.97 Å². The Bertz CT molecular complexity index is 718. The van der Waals surface area contributed by atoms with Crippen LogP contribution in [-0.4, -0.2) is 26.7 Å². The molecule has 0 radical (unpaired) electrons. The molecule has 0 saturated carbocycles. The Morgan fingerprint density at radius 1 is 1.16 bits per heavy atom. The fourth-order valence-corrected chi connectivity index (χ4v) is 3.43. The van der Waals surface area contributed by atoms with Gasteiger partial charge in [0.1, 0.15) is 0 Å². The lowest BCUT2D eigenvalue weighted by molar-refractivity contribution is -0.137. The second-order valence-electron chi connectivity index (χ2n) is 6.14. The molecular weight excluding hydrogens is 330 g/mol. The van der Waals surface area contributed by atoms with Crippen LogP contribution in [0, 0.1) is 13.8 Å². The summed E-state index contributed by atoms with van der Waals surface area (Å²) in [7, 11) is 4.15. The van der Waals surface area contributed by atoms with Crippen molar-refractivity contribution in [3.8, 4) is 0 Å². The van der Waals surface area contributed by atoms with Gasteiger partial charge in [-0.3, -0.25) is 0 Å². The van der Waals surface area contributed by atoms with Gasteiger partial charge in [-0.05, 0) is 51.3 Å². The summed E-state index contributed by atoms with van der Waals surface area (Å²) in [6, 6.07) is 0. The molecule has 0 aliphatic rings. The summed E-state index contributed by atoms with van der Waals surface area (Å²) >= 11 is 1.82. The topological polar surface area (TPSA) is 29.5 Å². The van der Waals surface area contributed by atoms with Crippen molar-refractivity contribution in [1.82, 2.24) is 0 Å². The lowest BCUT2D eigenvalue weighted by Gasteiger charge is -2.10. The zero-order valence-corrected chi connectivity index (χ0v) is 17.2. The van der Waals surface area contributed by atoms with Crippen molar-refractivity contribution in [2.75, 3.05) is 25.6 Å². The van der Waals surface area contributed by atoms with Gasteiger partial charge in [-0.15, -0.1) is 11.3 Å². The molecule has 4 heteroatoms. The number of esters is 1. The Balaban J connectivity index is 2.80. The largest absolute Gasteiger partial charge is 0.463 e. The summed E-state index contributed by atoms with van der Waals surface area (Å²) in [5, 5.41) is 1.30. The number of allylic oxidation sites excluding steroid dienone is 6. The minimum atomic E-state index is -0.301. The predicted molar refractivity (Wildman–Crippen MR) is 110 cm³/mol. The quantitative estimate of drug-likeness (QED) is 0.368. The second kappa shape index (κ2) is 10.0. The summed E-state index contributed by atoms with van der Waals surface area (Å²) in [6.45, 7) is 10.5. The molecule has 1 aromatic rings. The van der Waals surface area contributed by atoms with Gasteiger partial charge in [0.05, 0.1) is 11.6 Å². The summed E-state index contributed by atoms with van der Waals surface area (Å²) in [6.07, 6.45) is 11.7. The number of carbonyl (C=O) groups is 1. The standard InChI is InChI=1S/C21H29NO2S/c1-8-24-20(23)14-16(3)11-9-10-15(2)12-13-19-17(4)21(22(6)7)25-18(19)5/h9-14H,8H2,1-7H3/b11-9?,13-12?,15-10?,16-14+. The molecule has 1 rings (SSSR count). The van der Waals surface area contributed by atoms with Crippen LogP contribution in [-0.2, 0) is 9.53 Å². The molecule has 0 bridgehead atoms. The minimum Gasteiger partial charge on any atom is -0.463 e. The molecule has 1 aromatic heterocycles. The maximum absolute atomic E-state index is 11.4. The number of aryl methyl sites for hydroxylation is 1. The van der Waals surface area contributed by atoms with Crippen LogP contribution in [0.5, 0.6) is 0 Å². The highest BCUT2D eigenvalue weighted by Crippen LogP contribution is 2.34. The van der Waals surface area contributed by atoms with E-state index in [0.717, 1.165) is 11.1 Å². The van der Waals surface area contributed by atoms with Crippen molar-refractivity contribution < 1.29 is 9.53 Å². The van der Waals surface area contributed by atoms with Crippen LogP contribution in [0.3, 0.4) is 0 Å². The third kappa shape index (κ3) is 6.75. The monoisotopic (exact) mass is 359 g/mol. The number of anilines is 1. The predicted octanol–water partition coefficient (Wildman–Crippen LogP) is 5.46. The van der Waals surface area contributed by atoms with E-state index in [2.05, 4.69) is 51.9 Å². The van der Waals surface area contributed by atoms with Crippen molar-refractivity contribution in [2.45, 2.75) is 34.6 Å². The van der Waals surface area contributed by atoms with Crippen molar-refractivity contribution in [3.05, 3.63) is 57.5 Å². The van der Waals surface area contributed by atoms with Crippen LogP contribution in [0.25, 0.3) is 6.08 Å². The third-order valence-corrected chi connectivity index (χ3v) is 5.01. The summed E-state index contributed by atoms with van der Waals surface area (Å²) in [5.74, 6) is -0.301. The van der Waals surface area contributed by atoms with Crippen molar-refractivity contribution in [2.24, 2.45) is 0 Å². The Morgan fingerprint density at radius 2 is 1.84 bits per heavy atom. The van der Waals surface area contributed by atoms with E-state index < -0.39 is 0 Å². The maximum Gasteiger partial charge on any atom is 0.330 e. The molecule has 0 N–H and O–H groups in total. The SMILES string of the molecule is CCOC(=O)/C=C(\C)C=CC=C(C)C=Cc1c(C)sc(N(C)C)c1C. The molecule has 136 valence electrons. The lowest BCUT2D eigenvalue weighted by atomic mass is 10.1. The fourth-order valence-electron chi connectivity index (χ4n) is 2.36. The van der Waals surface area contributed by atoms with E-state index >= 15 is 0 Å². The van der Waals surface area contributed by atoms with E-state index in [0.29, 0.717) is 6.61 Å². The molecule has 0 unspecified atom stereocenters. The van der Waals surface area contributed by atoms with E-state index in [-0.39, 0.29) is 5.97 Å². The molecule has 0 aliphatic heterocycles. The van der Waals surface area contributed by atoms with Gasteiger partial charge in [0.2, 0.25) is 0 Å². The highest BCUT2D eigenvalue weighted by atomic mass is 32.1. The number of hydrogen-bond donors (Lipinski definition) is 0. The minimum absolute atomic E-state index is 0.301. The molecule has 25 heavy (non-hydrogen) atoms. The van der Waals surface area contributed by atoms with Crippen LogP contribution in [0.2, 0.25) is 0 Å². The lowest BCUT2D eigenvalue weighted by Crippen LogP contribution is -2.07. The van der Waals surface area contributed by atoms with Crippen LogP contribution in [0.15, 0.2) is 41.5 Å². The Hall–Kier alpha value is -2.07. The van der Waals surface area contributed by atoms with Crippen LogP contribution in [0.1, 0.15) is 36.8 Å². The van der Waals surface area contributed by atoms with E-state index in [9.17, 15) is 4.79 Å². The number of nitrogens with zero attached hydrogens (tertiary/aromatic N) is 1. The zero-order chi connectivity index (χ0) is 19.0. The zero-order valence-electron chi connectivity index (χ0n) is 16.3. The number of rotatable bonds is 7. The summed E-state index contributed by atoms with van der Waals surface area (Å²) < 4.78 is 4.89. The van der Waals surface area contributed by atoms with Crippen LogP contribution in [0.4, 0.5) is 5.00 Å². The first-order chi connectivity index (χ1) is 11.8. The third-order valence-electron chi connectivity index (χ3n) is 3.62.